The first-order valence-electron chi connectivity index (χ1n) is 2.63. The number of rotatable bonds is 5. The number of thiol groups is 2. The summed E-state index contributed by atoms with van der Waals surface area (Å²) in [7, 11) is 0. The molecule has 1 atom stereocenters. The summed E-state index contributed by atoms with van der Waals surface area (Å²) in [4.78, 5) is 0. The maximum atomic E-state index is 4.77. The Kier molecular flexibility index (Phi) is 8.17. The largest absolute Gasteiger partial charge is 0.179 e. The van der Waals surface area contributed by atoms with Gasteiger partial charge in [0.05, 0.1) is 0 Å². The van der Waals surface area contributed by atoms with Crippen LogP contribution in [-0.2, 0) is 0 Å². The second-order valence-electron chi connectivity index (χ2n) is 1.45. The van der Waals surface area contributed by atoms with Gasteiger partial charge in [-0.1, -0.05) is 12.2 Å². The molecule has 1 unspecified atom stereocenters. The Morgan fingerprint density at radius 3 is 2.56 bits per heavy atom. The van der Waals surface area contributed by atoms with Gasteiger partial charge in [-0.3, -0.25) is 0 Å². The quantitative estimate of drug-likeness (QED) is 0.512. The molecule has 0 bridgehead atoms. The maximum absolute atomic E-state index is 4.77. The van der Waals surface area contributed by atoms with E-state index in [-0.39, 0.29) is 0 Å². The van der Waals surface area contributed by atoms with Crippen molar-refractivity contribution in [3.05, 3.63) is 0 Å². The van der Waals surface area contributed by atoms with E-state index in [1.54, 1.807) is 5.37 Å². The fraction of sp³-hybridized carbons (Fsp3) is 0.800. The van der Waals surface area contributed by atoms with E-state index >= 15 is 0 Å². The minimum Gasteiger partial charge on any atom is -0.179 e. The summed E-state index contributed by atoms with van der Waals surface area (Å²) < 4.78 is 0. The average Bonchev–Trinajstić information content (AvgIpc) is 1.91. The lowest BCUT2D eigenvalue weighted by Gasteiger charge is -2.04. The average molecular weight is 198 g/mol. The molecule has 9 heavy (non-hydrogen) atoms. The summed E-state index contributed by atoms with van der Waals surface area (Å²) in [6.07, 6.45) is 0. The lowest BCUT2D eigenvalue weighted by atomic mass is 10.6. The van der Waals surface area contributed by atoms with Gasteiger partial charge in [-0.25, -0.2) is 0 Å². The Bertz CT molecular complexity index is 73.4. The molecule has 0 heterocycles. The Hall–Kier alpha value is 1.14. The van der Waals surface area contributed by atoms with E-state index < -0.39 is 0 Å². The van der Waals surface area contributed by atoms with Crippen molar-refractivity contribution in [1.29, 1.82) is 0 Å². The van der Waals surface area contributed by atoms with Gasteiger partial charge in [-0.15, -0.1) is 0 Å². The van der Waals surface area contributed by atoms with Crippen molar-refractivity contribution < 1.29 is 0 Å². The van der Waals surface area contributed by atoms with Gasteiger partial charge in [-0.05, 0) is 11.1 Å². The van der Waals surface area contributed by atoms with Gasteiger partial charge in [0.25, 0.3) is 0 Å². The van der Waals surface area contributed by atoms with Gasteiger partial charge in [0.1, 0.15) is 0 Å². The van der Waals surface area contributed by atoms with E-state index in [1.165, 1.54) is 0 Å². The zero-order valence-electron chi connectivity index (χ0n) is 4.99. The van der Waals surface area contributed by atoms with Crippen molar-refractivity contribution in [1.82, 2.24) is 0 Å². The minimum atomic E-state index is 0.426. The van der Waals surface area contributed by atoms with Crippen molar-refractivity contribution in [3.8, 4) is 0 Å². The molecule has 0 nitrogen and oxygen atoms in total. The van der Waals surface area contributed by atoms with Crippen LogP contribution in [0.15, 0.2) is 0 Å². The lowest BCUT2D eigenvalue weighted by Crippen LogP contribution is -2.05. The van der Waals surface area contributed by atoms with Crippen LogP contribution in [0.5, 0.6) is 0 Å². The van der Waals surface area contributed by atoms with E-state index in [1.807, 2.05) is 11.8 Å². The van der Waals surface area contributed by atoms with Crippen LogP contribution in [0.3, 0.4) is 0 Å². The van der Waals surface area contributed by atoms with Crippen LogP contribution in [0, 0.1) is 0 Å². The van der Waals surface area contributed by atoms with Gasteiger partial charge in [0, 0.05) is 16.8 Å². The van der Waals surface area contributed by atoms with Gasteiger partial charge in [-0.2, -0.15) is 37.0 Å². The van der Waals surface area contributed by atoms with Gasteiger partial charge < -0.3 is 0 Å². The molecule has 4 heteroatoms. The summed E-state index contributed by atoms with van der Waals surface area (Å²) in [5.74, 6) is 2.81. The molecule has 0 aromatic rings. The molecule has 0 rings (SSSR count). The van der Waals surface area contributed by atoms with E-state index in [0.717, 1.165) is 17.3 Å². The molecule has 0 aliphatic heterocycles. The van der Waals surface area contributed by atoms with Gasteiger partial charge in [0.2, 0.25) is 0 Å². The van der Waals surface area contributed by atoms with Crippen LogP contribution < -0.4 is 0 Å². The van der Waals surface area contributed by atoms with Crippen LogP contribution in [0.4, 0.5) is 0 Å². The second kappa shape index (κ2) is 7.25. The fourth-order valence-electron chi connectivity index (χ4n) is 0.339. The summed E-state index contributed by atoms with van der Waals surface area (Å²) in [6.45, 7) is 0. The molecule has 0 saturated carbocycles. The van der Waals surface area contributed by atoms with Crippen LogP contribution in [-0.4, -0.2) is 27.9 Å². The highest BCUT2D eigenvalue weighted by Crippen LogP contribution is 2.10. The second-order valence-corrected chi connectivity index (χ2v) is 3.88. The van der Waals surface area contributed by atoms with E-state index in [4.69, 9.17) is 12.2 Å². The highest BCUT2D eigenvalue weighted by atomic mass is 32.2. The fourth-order valence-corrected chi connectivity index (χ4v) is 2.14. The van der Waals surface area contributed by atoms with E-state index in [9.17, 15) is 0 Å². The molecule has 0 aromatic carbocycles. The third-order valence-electron chi connectivity index (χ3n) is 0.755. The summed E-state index contributed by atoms with van der Waals surface area (Å²) in [6, 6.07) is 0. The van der Waals surface area contributed by atoms with Crippen LogP contribution in [0.1, 0.15) is 0 Å². The Labute approximate surface area is 77.0 Å². The van der Waals surface area contributed by atoms with Crippen molar-refractivity contribution in [3.63, 3.8) is 0 Å². The minimum absolute atomic E-state index is 0.426. The van der Waals surface area contributed by atoms with Crippen LogP contribution >= 0.6 is 49.2 Å². The topological polar surface area (TPSA) is 0 Å². The Balaban J connectivity index is 3.20. The number of hydrogen-bond donors (Lipinski definition) is 2. The third kappa shape index (κ3) is 5.58. The number of hydrogen-bond acceptors (Lipinski definition) is 4. The van der Waals surface area contributed by atoms with Crippen molar-refractivity contribution >= 4 is 54.6 Å². The highest BCUT2D eigenvalue weighted by Gasteiger charge is 1.99. The standard InChI is InChI=1S/C5H10S4/c6-1-2-9-5(3-7)4-8/h3,5-6,8H,1-2,4H2. The van der Waals surface area contributed by atoms with E-state index in [2.05, 4.69) is 25.3 Å². The molecule has 0 saturated heterocycles. The predicted molar refractivity (Wildman–Crippen MR) is 57.6 cm³/mol. The third-order valence-corrected chi connectivity index (χ3v) is 3.59. The van der Waals surface area contributed by atoms with E-state index in [0.29, 0.717) is 5.25 Å². The molecule has 0 aromatic heterocycles. The molecule has 0 aliphatic carbocycles. The molecule has 0 fully saturated rings. The monoisotopic (exact) mass is 198 g/mol. The molecular formula is C5H10S4. The van der Waals surface area contributed by atoms with Gasteiger partial charge >= 0.3 is 0 Å². The first kappa shape index (κ1) is 10.1. The number of thiocarbonyl (C=S) groups is 1. The predicted octanol–water partition coefficient (Wildman–Crippen LogP) is 1.95. The highest BCUT2D eigenvalue weighted by molar-refractivity contribution is 8.02. The maximum Gasteiger partial charge on any atom is 0.0418 e. The lowest BCUT2D eigenvalue weighted by molar-refractivity contribution is 1.39. The van der Waals surface area contributed by atoms with Crippen molar-refractivity contribution in [2.45, 2.75) is 5.25 Å². The van der Waals surface area contributed by atoms with Crippen LogP contribution in [0.25, 0.3) is 0 Å². The normalized spacial score (nSPS) is 13.1. The Morgan fingerprint density at radius 2 is 2.22 bits per heavy atom. The molecule has 0 amide bonds. The zero-order chi connectivity index (χ0) is 7.11. The van der Waals surface area contributed by atoms with Crippen molar-refractivity contribution in [2.24, 2.45) is 0 Å². The van der Waals surface area contributed by atoms with Gasteiger partial charge in [0.15, 0.2) is 0 Å². The van der Waals surface area contributed by atoms with Crippen molar-refractivity contribution in [2.75, 3.05) is 17.3 Å². The summed E-state index contributed by atoms with van der Waals surface area (Å²) >= 11 is 14.8. The summed E-state index contributed by atoms with van der Waals surface area (Å²) in [5.41, 5.74) is 0. The molecule has 0 N–H and O–H groups in total. The molecule has 0 spiro atoms. The smallest absolute Gasteiger partial charge is 0.0418 e. The zero-order valence-corrected chi connectivity index (χ0v) is 8.41. The molecule has 0 aliphatic rings. The Morgan fingerprint density at radius 1 is 1.56 bits per heavy atom. The molecular weight excluding hydrogens is 188 g/mol. The number of thioether (sulfide) groups is 1. The molecule has 54 valence electrons. The first-order valence-corrected chi connectivity index (χ1v) is 5.42. The SMILES string of the molecule is S=CC(CS)SCCS. The molecule has 0 radical (unpaired) electrons. The van der Waals surface area contributed by atoms with Crippen LogP contribution in [0.2, 0.25) is 0 Å². The first-order chi connectivity index (χ1) is 4.35. The summed E-state index contributed by atoms with van der Waals surface area (Å²) in [5, 5.41) is 2.19.